The molecule has 4 heteroatoms. The fourth-order valence-electron chi connectivity index (χ4n) is 2.65. The second-order valence-corrected chi connectivity index (χ2v) is 6.42. The van der Waals surface area contributed by atoms with Gasteiger partial charge in [0, 0.05) is 0 Å². The van der Waals surface area contributed by atoms with Crippen molar-refractivity contribution < 1.29 is 19.4 Å². The van der Waals surface area contributed by atoms with Crippen molar-refractivity contribution in [1.29, 1.82) is 0 Å². The van der Waals surface area contributed by atoms with Crippen LogP contribution in [-0.2, 0) is 4.79 Å². The van der Waals surface area contributed by atoms with Gasteiger partial charge in [-0.2, -0.15) is 0 Å². The highest BCUT2D eigenvalue weighted by atomic mass is 16.5. The molecule has 0 aliphatic rings. The van der Waals surface area contributed by atoms with E-state index in [0.717, 1.165) is 34.4 Å². The average molecular weight is 342 g/mol. The van der Waals surface area contributed by atoms with E-state index in [1.165, 1.54) is 0 Å². The van der Waals surface area contributed by atoms with Gasteiger partial charge in [0.15, 0.2) is 6.61 Å². The number of rotatable bonds is 8. The third-order valence-corrected chi connectivity index (χ3v) is 3.95. The van der Waals surface area contributed by atoms with Gasteiger partial charge < -0.3 is 14.6 Å². The van der Waals surface area contributed by atoms with Crippen molar-refractivity contribution in [3.05, 3.63) is 47.5 Å². The predicted molar refractivity (Wildman–Crippen MR) is 99.6 cm³/mol. The molecule has 0 unspecified atom stereocenters. The van der Waals surface area contributed by atoms with Gasteiger partial charge >= 0.3 is 5.97 Å². The third-order valence-electron chi connectivity index (χ3n) is 3.95. The Kier molecular flexibility index (Phi) is 6.45. The number of carboxylic acid groups (broad SMARTS) is 1. The molecule has 134 valence electrons. The molecule has 25 heavy (non-hydrogen) atoms. The van der Waals surface area contributed by atoms with Crippen LogP contribution in [-0.4, -0.2) is 24.3 Å². The van der Waals surface area contributed by atoms with Crippen molar-refractivity contribution in [1.82, 2.24) is 0 Å². The number of hydrogen-bond acceptors (Lipinski definition) is 3. The molecule has 2 aromatic rings. The molecule has 0 aliphatic heterocycles. The maximum atomic E-state index is 10.7. The minimum Gasteiger partial charge on any atom is -0.493 e. The molecule has 0 fully saturated rings. The fraction of sp³-hybridized carbons (Fsp3) is 0.381. The van der Waals surface area contributed by atoms with Gasteiger partial charge in [-0.1, -0.05) is 32.9 Å². The molecule has 1 N–H and O–H groups in total. The maximum absolute atomic E-state index is 10.7. The number of ether oxygens (including phenoxy) is 2. The molecule has 0 aromatic heterocycles. The highest BCUT2D eigenvalue weighted by Crippen LogP contribution is 2.33. The Morgan fingerprint density at radius 1 is 1.04 bits per heavy atom. The van der Waals surface area contributed by atoms with Gasteiger partial charge in [0.1, 0.15) is 11.5 Å². The van der Waals surface area contributed by atoms with Crippen LogP contribution in [0.25, 0.3) is 11.1 Å². The number of benzene rings is 2. The quantitative estimate of drug-likeness (QED) is 0.730. The maximum Gasteiger partial charge on any atom is 0.341 e. The van der Waals surface area contributed by atoms with Gasteiger partial charge in [-0.3, -0.25) is 0 Å². The molecule has 0 radical (unpaired) electrons. The van der Waals surface area contributed by atoms with Crippen molar-refractivity contribution in [3.8, 4) is 22.6 Å². The molecule has 2 aromatic carbocycles. The van der Waals surface area contributed by atoms with E-state index in [0.29, 0.717) is 12.4 Å². The van der Waals surface area contributed by atoms with Crippen LogP contribution in [0.3, 0.4) is 0 Å². The number of hydrogen-bond donors (Lipinski definition) is 1. The molecule has 0 amide bonds. The first-order valence-electron chi connectivity index (χ1n) is 8.64. The number of aliphatic carboxylic acids is 1. The minimum absolute atomic E-state index is 0.233. The summed E-state index contributed by atoms with van der Waals surface area (Å²) in [6, 6.07) is 12.1. The molecule has 0 spiro atoms. The highest BCUT2D eigenvalue weighted by Gasteiger charge is 2.12. The summed E-state index contributed by atoms with van der Waals surface area (Å²) >= 11 is 0. The smallest absolute Gasteiger partial charge is 0.341 e. The topological polar surface area (TPSA) is 55.8 Å². The lowest BCUT2D eigenvalue weighted by atomic mass is 9.95. The van der Waals surface area contributed by atoms with Crippen molar-refractivity contribution in [2.24, 2.45) is 0 Å². The van der Waals surface area contributed by atoms with Gasteiger partial charge in [0.25, 0.3) is 0 Å². The van der Waals surface area contributed by atoms with Crippen LogP contribution >= 0.6 is 0 Å². The van der Waals surface area contributed by atoms with Gasteiger partial charge in [-0.05, 0) is 65.8 Å². The Balaban J connectivity index is 2.31. The first-order valence-corrected chi connectivity index (χ1v) is 8.64. The standard InChI is InChI=1S/C21H26O4/c1-5-10-24-19-8-6-16(11-15(19)4)17-7-9-20(25-13-21(22)23)18(12-17)14(2)3/h6-9,11-12,14H,5,10,13H2,1-4H3,(H,22,23). The molecule has 0 aliphatic carbocycles. The van der Waals surface area contributed by atoms with Crippen LogP contribution in [0.5, 0.6) is 11.5 Å². The Morgan fingerprint density at radius 3 is 2.24 bits per heavy atom. The second kappa shape index (κ2) is 8.56. The second-order valence-electron chi connectivity index (χ2n) is 6.42. The van der Waals surface area contributed by atoms with Crippen LogP contribution in [0.2, 0.25) is 0 Å². The highest BCUT2D eigenvalue weighted by molar-refractivity contribution is 5.70. The number of carbonyl (C=O) groups is 1. The molecule has 0 bridgehead atoms. The average Bonchev–Trinajstić information content (AvgIpc) is 2.58. The molecular weight excluding hydrogens is 316 g/mol. The Morgan fingerprint density at radius 2 is 1.68 bits per heavy atom. The van der Waals surface area contributed by atoms with Crippen LogP contribution in [0.4, 0.5) is 0 Å². The van der Waals surface area contributed by atoms with Crippen LogP contribution in [0.1, 0.15) is 44.2 Å². The first-order chi connectivity index (χ1) is 11.9. The predicted octanol–water partition coefficient (Wildman–Crippen LogP) is 5.04. The molecular formula is C21H26O4. The summed E-state index contributed by atoms with van der Waals surface area (Å²) in [5.74, 6) is 0.797. The van der Waals surface area contributed by atoms with Crippen LogP contribution in [0, 0.1) is 6.92 Å². The monoisotopic (exact) mass is 342 g/mol. The summed E-state index contributed by atoms with van der Waals surface area (Å²) in [5.41, 5.74) is 4.29. The molecule has 0 saturated heterocycles. The number of carboxylic acids is 1. The fourth-order valence-corrected chi connectivity index (χ4v) is 2.65. The Hall–Kier alpha value is -2.49. The lowest BCUT2D eigenvalue weighted by Crippen LogP contribution is -2.11. The van der Waals surface area contributed by atoms with E-state index >= 15 is 0 Å². The van der Waals surface area contributed by atoms with E-state index in [2.05, 4.69) is 39.0 Å². The van der Waals surface area contributed by atoms with E-state index in [-0.39, 0.29) is 12.5 Å². The van der Waals surface area contributed by atoms with Gasteiger partial charge in [0.05, 0.1) is 6.61 Å². The van der Waals surface area contributed by atoms with E-state index in [9.17, 15) is 4.79 Å². The zero-order chi connectivity index (χ0) is 18.4. The normalized spacial score (nSPS) is 10.8. The summed E-state index contributed by atoms with van der Waals surface area (Å²) in [6.45, 7) is 8.65. The summed E-state index contributed by atoms with van der Waals surface area (Å²) < 4.78 is 11.2. The van der Waals surface area contributed by atoms with Crippen molar-refractivity contribution in [2.75, 3.05) is 13.2 Å². The SMILES string of the molecule is CCCOc1ccc(-c2ccc(OCC(=O)O)c(C(C)C)c2)cc1C. The Bertz CT molecular complexity index is 735. The van der Waals surface area contributed by atoms with E-state index in [1.807, 2.05) is 25.1 Å². The van der Waals surface area contributed by atoms with Crippen molar-refractivity contribution >= 4 is 5.97 Å². The largest absolute Gasteiger partial charge is 0.493 e. The summed E-state index contributed by atoms with van der Waals surface area (Å²) in [6.07, 6.45) is 0.983. The van der Waals surface area contributed by atoms with Gasteiger partial charge in [0.2, 0.25) is 0 Å². The third kappa shape index (κ3) is 4.99. The van der Waals surface area contributed by atoms with Gasteiger partial charge in [-0.25, -0.2) is 4.79 Å². The summed E-state index contributed by atoms with van der Waals surface area (Å²) in [7, 11) is 0. The van der Waals surface area contributed by atoms with Crippen molar-refractivity contribution in [2.45, 2.75) is 40.0 Å². The summed E-state index contributed by atoms with van der Waals surface area (Å²) in [5, 5.41) is 8.82. The molecule has 0 atom stereocenters. The lowest BCUT2D eigenvalue weighted by molar-refractivity contribution is -0.139. The van der Waals surface area contributed by atoms with E-state index in [1.54, 1.807) is 0 Å². The molecule has 0 heterocycles. The molecule has 2 rings (SSSR count). The zero-order valence-electron chi connectivity index (χ0n) is 15.3. The first kappa shape index (κ1) is 18.8. The summed E-state index contributed by atoms with van der Waals surface area (Å²) in [4.78, 5) is 10.7. The molecule has 4 nitrogen and oxygen atoms in total. The van der Waals surface area contributed by atoms with Gasteiger partial charge in [-0.15, -0.1) is 0 Å². The van der Waals surface area contributed by atoms with Crippen LogP contribution in [0.15, 0.2) is 36.4 Å². The van der Waals surface area contributed by atoms with Crippen LogP contribution < -0.4 is 9.47 Å². The van der Waals surface area contributed by atoms with E-state index in [4.69, 9.17) is 14.6 Å². The molecule has 0 saturated carbocycles. The number of aryl methyl sites for hydroxylation is 1. The van der Waals surface area contributed by atoms with E-state index < -0.39 is 5.97 Å². The Labute approximate surface area is 149 Å². The lowest BCUT2D eigenvalue weighted by Gasteiger charge is -2.16. The minimum atomic E-state index is -0.975. The van der Waals surface area contributed by atoms with Crippen molar-refractivity contribution in [3.63, 3.8) is 0 Å². The zero-order valence-corrected chi connectivity index (χ0v) is 15.3.